The predicted molar refractivity (Wildman–Crippen MR) is 128 cm³/mol. The van der Waals surface area contributed by atoms with Crippen LogP contribution < -0.4 is 20.3 Å². The highest BCUT2D eigenvalue weighted by molar-refractivity contribution is 6.07. The van der Waals surface area contributed by atoms with Crippen LogP contribution in [0.1, 0.15) is 24.2 Å². The van der Waals surface area contributed by atoms with Crippen molar-refractivity contribution < 1.29 is 28.5 Å². The number of carbonyl (C=O) groups is 2. The van der Waals surface area contributed by atoms with Gasteiger partial charge in [-0.25, -0.2) is 4.98 Å². The highest BCUT2D eigenvalue weighted by Gasteiger charge is 2.18. The van der Waals surface area contributed by atoms with Gasteiger partial charge in [0.2, 0.25) is 0 Å². The summed E-state index contributed by atoms with van der Waals surface area (Å²) in [6.07, 6.45) is -0.753. The quantitative estimate of drug-likeness (QED) is 0.348. The molecule has 0 radical (unpaired) electrons. The number of nitrogens with one attached hydrogen (secondary N) is 2. The largest absolute Gasteiger partial charge is 0.493 e. The van der Waals surface area contributed by atoms with Crippen molar-refractivity contribution in [1.82, 2.24) is 15.8 Å². The van der Waals surface area contributed by atoms with Gasteiger partial charge < -0.3 is 18.9 Å². The van der Waals surface area contributed by atoms with Gasteiger partial charge in [-0.05, 0) is 44.2 Å². The number of amides is 2. The molecule has 2 N–H and O–H groups in total. The molecule has 0 spiro atoms. The molecule has 9 heteroatoms. The number of hydrogen-bond acceptors (Lipinski definition) is 7. The number of aromatic nitrogens is 1. The number of hydrogen-bond donors (Lipinski definition) is 2. The third-order valence-corrected chi connectivity index (χ3v) is 5.11. The average Bonchev–Trinajstić information content (AvgIpc) is 2.88. The number of fused-ring (bicyclic) bond motifs is 1. The lowest BCUT2D eigenvalue weighted by molar-refractivity contribution is -0.133. The minimum atomic E-state index is -0.753. The van der Waals surface area contributed by atoms with Gasteiger partial charge in [-0.3, -0.25) is 20.4 Å². The number of rotatable bonds is 10. The molecule has 0 aliphatic rings. The van der Waals surface area contributed by atoms with E-state index < -0.39 is 17.9 Å². The molecule has 2 amide bonds. The van der Waals surface area contributed by atoms with Crippen LogP contribution >= 0.6 is 0 Å². The molecule has 180 valence electrons. The maximum absolute atomic E-state index is 13.0. The van der Waals surface area contributed by atoms with E-state index in [1.807, 2.05) is 31.2 Å². The number of hydrazine groups is 1. The van der Waals surface area contributed by atoms with E-state index in [0.29, 0.717) is 46.9 Å². The van der Waals surface area contributed by atoms with Gasteiger partial charge >= 0.3 is 0 Å². The highest BCUT2D eigenvalue weighted by Crippen LogP contribution is 2.33. The van der Waals surface area contributed by atoms with Crippen molar-refractivity contribution in [3.05, 3.63) is 54.1 Å². The molecule has 0 saturated carbocycles. The zero-order chi connectivity index (χ0) is 24.5. The van der Waals surface area contributed by atoms with E-state index in [2.05, 4.69) is 10.9 Å². The molecule has 3 rings (SSSR count). The number of carbonyl (C=O) groups excluding carboxylic acids is 2. The van der Waals surface area contributed by atoms with Gasteiger partial charge in [0, 0.05) is 17.6 Å². The van der Waals surface area contributed by atoms with Crippen LogP contribution in [-0.4, -0.2) is 56.9 Å². The van der Waals surface area contributed by atoms with Crippen molar-refractivity contribution in [2.24, 2.45) is 0 Å². The van der Waals surface area contributed by atoms with Crippen molar-refractivity contribution >= 4 is 22.7 Å². The van der Waals surface area contributed by atoms with E-state index in [4.69, 9.17) is 23.9 Å². The van der Waals surface area contributed by atoms with E-state index >= 15 is 0 Å². The van der Waals surface area contributed by atoms with Gasteiger partial charge in [-0.1, -0.05) is 18.2 Å². The first kappa shape index (κ1) is 24.9. The first-order valence-corrected chi connectivity index (χ1v) is 10.9. The molecule has 1 heterocycles. The molecule has 34 heavy (non-hydrogen) atoms. The molecular weight excluding hydrogens is 438 g/mol. The second-order valence-corrected chi connectivity index (χ2v) is 7.30. The van der Waals surface area contributed by atoms with E-state index in [-0.39, 0.29) is 6.61 Å². The number of pyridine rings is 1. The number of ether oxygens (including phenoxy) is 4. The third kappa shape index (κ3) is 6.00. The predicted octanol–water partition coefficient (Wildman–Crippen LogP) is 3.12. The number of para-hydroxylation sites is 1. The van der Waals surface area contributed by atoms with E-state index in [1.54, 1.807) is 45.4 Å². The Hall–Kier alpha value is -3.69. The zero-order valence-corrected chi connectivity index (χ0v) is 19.7. The number of methoxy groups -OCH3 is 2. The van der Waals surface area contributed by atoms with Crippen LogP contribution in [0.4, 0.5) is 0 Å². The van der Waals surface area contributed by atoms with Crippen molar-refractivity contribution in [1.29, 1.82) is 0 Å². The van der Waals surface area contributed by atoms with Crippen LogP contribution in [0.25, 0.3) is 22.2 Å². The van der Waals surface area contributed by atoms with Crippen molar-refractivity contribution in [2.75, 3.05) is 34.0 Å². The summed E-state index contributed by atoms with van der Waals surface area (Å²) in [6.45, 7) is 4.73. The Kier molecular flexibility index (Phi) is 8.78. The van der Waals surface area contributed by atoms with Crippen molar-refractivity contribution in [2.45, 2.75) is 20.0 Å². The minimum Gasteiger partial charge on any atom is -0.493 e. The molecule has 2 aromatic carbocycles. The fourth-order valence-corrected chi connectivity index (χ4v) is 3.30. The summed E-state index contributed by atoms with van der Waals surface area (Å²) in [5.41, 5.74) is 7.21. The summed E-state index contributed by atoms with van der Waals surface area (Å²) < 4.78 is 21.3. The lowest BCUT2D eigenvalue weighted by Gasteiger charge is -2.15. The molecule has 1 atom stereocenters. The first-order chi connectivity index (χ1) is 16.5. The topological polar surface area (TPSA) is 108 Å². The molecular formula is C25H29N3O6. The van der Waals surface area contributed by atoms with Crippen LogP contribution in [0.3, 0.4) is 0 Å². The molecule has 3 aromatic rings. The molecule has 1 unspecified atom stereocenters. The number of nitrogens with zero attached hydrogens (tertiary/aromatic N) is 1. The normalized spacial score (nSPS) is 11.6. The molecule has 1 aromatic heterocycles. The molecule has 0 bridgehead atoms. The van der Waals surface area contributed by atoms with E-state index in [1.165, 1.54) is 0 Å². The Morgan fingerprint density at radius 3 is 2.47 bits per heavy atom. The average molecular weight is 468 g/mol. The molecule has 9 nitrogen and oxygen atoms in total. The van der Waals surface area contributed by atoms with Crippen molar-refractivity contribution in [3.63, 3.8) is 0 Å². The van der Waals surface area contributed by atoms with Gasteiger partial charge in [-0.15, -0.1) is 0 Å². The Morgan fingerprint density at radius 2 is 1.74 bits per heavy atom. The summed E-state index contributed by atoms with van der Waals surface area (Å²) in [6, 6.07) is 14.4. The zero-order valence-electron chi connectivity index (χ0n) is 19.7. The Bertz CT molecular complexity index is 1150. The summed E-state index contributed by atoms with van der Waals surface area (Å²) in [5, 5.41) is 0.652. The standard InChI is InChI=1S/C25H29N3O6/c1-5-33-12-13-34-16(2)24(29)27-28-25(30)19-15-21(26-20-9-7-6-8-18(19)20)17-10-11-22(31-3)23(14-17)32-4/h6-11,14-16H,5,12-13H2,1-4H3,(H,27,29)(H,28,30). The SMILES string of the molecule is CCOCCOC(C)C(=O)NNC(=O)c1cc(-c2ccc(OC)c(OC)c2)nc2ccccc12. The lowest BCUT2D eigenvalue weighted by atomic mass is 10.0. The summed E-state index contributed by atoms with van der Waals surface area (Å²) in [7, 11) is 3.12. The Morgan fingerprint density at radius 1 is 0.971 bits per heavy atom. The minimum absolute atomic E-state index is 0.278. The fourth-order valence-electron chi connectivity index (χ4n) is 3.30. The lowest BCUT2D eigenvalue weighted by Crippen LogP contribution is -2.46. The van der Waals surface area contributed by atoms with E-state index in [0.717, 1.165) is 5.56 Å². The summed E-state index contributed by atoms with van der Waals surface area (Å²) in [4.78, 5) is 30.0. The van der Waals surface area contributed by atoms with Gasteiger partial charge in [0.25, 0.3) is 11.8 Å². The maximum Gasteiger partial charge on any atom is 0.270 e. The van der Waals surface area contributed by atoms with E-state index in [9.17, 15) is 9.59 Å². The second-order valence-electron chi connectivity index (χ2n) is 7.30. The van der Waals surface area contributed by atoms with Crippen LogP contribution in [-0.2, 0) is 14.3 Å². The molecule has 0 aliphatic heterocycles. The maximum atomic E-state index is 13.0. The molecule has 0 fully saturated rings. The smallest absolute Gasteiger partial charge is 0.270 e. The Balaban J connectivity index is 1.82. The third-order valence-electron chi connectivity index (χ3n) is 5.11. The summed E-state index contributed by atoms with van der Waals surface area (Å²) >= 11 is 0. The van der Waals surface area contributed by atoms with Gasteiger partial charge in [0.15, 0.2) is 11.5 Å². The van der Waals surface area contributed by atoms with Gasteiger partial charge in [-0.2, -0.15) is 0 Å². The Labute approximate surface area is 198 Å². The van der Waals surface area contributed by atoms with Crippen LogP contribution in [0, 0.1) is 0 Å². The summed E-state index contributed by atoms with van der Waals surface area (Å²) in [5.74, 6) is 0.190. The molecule has 0 saturated heterocycles. The van der Waals surface area contributed by atoms with Crippen LogP contribution in [0.15, 0.2) is 48.5 Å². The van der Waals surface area contributed by atoms with Crippen molar-refractivity contribution in [3.8, 4) is 22.8 Å². The van der Waals surface area contributed by atoms with Gasteiger partial charge in [0.05, 0.1) is 44.2 Å². The van der Waals surface area contributed by atoms with Gasteiger partial charge in [0.1, 0.15) is 6.10 Å². The first-order valence-electron chi connectivity index (χ1n) is 10.9. The monoisotopic (exact) mass is 467 g/mol. The van der Waals surface area contributed by atoms with Crippen LogP contribution in [0.5, 0.6) is 11.5 Å². The fraction of sp³-hybridized carbons (Fsp3) is 0.320. The van der Waals surface area contributed by atoms with Crippen LogP contribution in [0.2, 0.25) is 0 Å². The highest BCUT2D eigenvalue weighted by atomic mass is 16.5. The molecule has 0 aliphatic carbocycles. The second kappa shape index (κ2) is 12.0. The number of benzene rings is 2.